The third-order valence-electron chi connectivity index (χ3n) is 1.31. The molecule has 1 rings (SSSR count). The van der Waals surface area contributed by atoms with Crippen LogP contribution in [0.5, 0.6) is 0 Å². The van der Waals surface area contributed by atoms with Crippen LogP contribution in [0, 0.1) is 0 Å². The second-order valence-electron chi connectivity index (χ2n) is 2.25. The van der Waals surface area contributed by atoms with Crippen LogP contribution in [0.15, 0.2) is 16.7 Å². The molecule has 0 aliphatic heterocycles. The van der Waals surface area contributed by atoms with Gasteiger partial charge in [0.1, 0.15) is 12.0 Å². The lowest BCUT2D eigenvalue weighted by molar-refractivity contribution is -0.156. The summed E-state index contributed by atoms with van der Waals surface area (Å²) in [7, 11) is 0. The third-order valence-corrected chi connectivity index (χ3v) is 1.73. The first-order valence-electron chi connectivity index (χ1n) is 3.12. The van der Waals surface area contributed by atoms with Gasteiger partial charge in [-0.1, -0.05) is 11.6 Å². The minimum Gasteiger partial charge on any atom is -0.466 e. The summed E-state index contributed by atoms with van der Waals surface area (Å²) in [6.45, 7) is 0. The zero-order chi connectivity index (χ0) is 10.1. The number of nitrogens with one attached hydrogen (secondary N) is 1. The Morgan fingerprint density at radius 3 is 2.38 bits per heavy atom. The number of alkyl halides is 3. The van der Waals surface area contributed by atoms with E-state index in [4.69, 9.17) is 23.4 Å². The molecule has 0 aliphatic rings. The molecule has 1 N–H and O–H groups in total. The first kappa shape index (κ1) is 10.7. The minimum atomic E-state index is -4.51. The Bertz CT molecular complexity index is 286. The molecule has 0 radical (unpaired) electrons. The monoisotopic (exact) mass is 233 g/mol. The maximum atomic E-state index is 12.2. The summed E-state index contributed by atoms with van der Waals surface area (Å²) >= 11 is 10.3. The van der Waals surface area contributed by atoms with Gasteiger partial charge in [0, 0.05) is 6.07 Å². The van der Waals surface area contributed by atoms with Gasteiger partial charge in [0.05, 0.1) is 5.02 Å². The van der Waals surface area contributed by atoms with Gasteiger partial charge in [-0.2, -0.15) is 13.2 Å². The van der Waals surface area contributed by atoms with Crippen molar-refractivity contribution in [3.63, 3.8) is 0 Å². The van der Waals surface area contributed by atoms with Gasteiger partial charge in [-0.3, -0.25) is 0 Å². The van der Waals surface area contributed by atoms with Crippen LogP contribution in [0.2, 0.25) is 5.02 Å². The predicted octanol–water partition coefficient (Wildman–Crippen LogP) is 3.28. The first-order chi connectivity index (χ1) is 5.95. The normalized spacial score (nSPS) is 14.5. The van der Waals surface area contributed by atoms with Gasteiger partial charge in [0.2, 0.25) is 0 Å². The zero-order valence-electron chi connectivity index (χ0n) is 6.03. The van der Waals surface area contributed by atoms with Crippen LogP contribution in [0.3, 0.4) is 0 Å². The van der Waals surface area contributed by atoms with Crippen molar-refractivity contribution in [1.82, 2.24) is 4.84 Å². The molecule has 0 saturated carbocycles. The third kappa shape index (κ3) is 2.52. The minimum absolute atomic E-state index is 0.0937. The van der Waals surface area contributed by atoms with E-state index in [1.54, 1.807) is 4.84 Å². The fourth-order valence-electron chi connectivity index (χ4n) is 0.757. The summed E-state index contributed by atoms with van der Waals surface area (Å²) in [6, 6.07) is -0.989. The summed E-state index contributed by atoms with van der Waals surface area (Å²) in [4.78, 5) is 1.57. The lowest BCUT2D eigenvalue weighted by Gasteiger charge is -2.15. The van der Waals surface area contributed by atoms with Crippen molar-refractivity contribution in [2.24, 2.45) is 0 Å². The van der Waals surface area contributed by atoms with Gasteiger partial charge < -0.3 is 4.42 Å². The Kier molecular flexibility index (Phi) is 3.10. The fraction of sp³-hybridized carbons (Fsp3) is 0.333. The summed E-state index contributed by atoms with van der Waals surface area (Å²) in [6.07, 6.45) is -3.51. The van der Waals surface area contributed by atoms with Gasteiger partial charge in [-0.05, 0) is 11.8 Å². The molecule has 0 spiro atoms. The average Bonchev–Trinajstić information content (AvgIpc) is 2.34. The van der Waals surface area contributed by atoms with Crippen LogP contribution in [0.25, 0.3) is 0 Å². The molecule has 0 saturated heterocycles. The Morgan fingerprint density at radius 1 is 1.46 bits per heavy atom. The van der Waals surface area contributed by atoms with Gasteiger partial charge >= 0.3 is 6.18 Å². The Hall–Kier alpha value is -0.390. The maximum Gasteiger partial charge on any atom is 0.412 e. The van der Waals surface area contributed by atoms with Crippen molar-refractivity contribution in [2.45, 2.75) is 12.2 Å². The van der Waals surface area contributed by atoms with E-state index in [9.17, 15) is 13.2 Å². The highest BCUT2D eigenvalue weighted by Gasteiger charge is 2.42. The van der Waals surface area contributed by atoms with E-state index in [-0.39, 0.29) is 10.8 Å². The highest BCUT2D eigenvalue weighted by molar-refractivity contribution is 6.30. The molecule has 1 atom stereocenters. The summed E-state index contributed by atoms with van der Waals surface area (Å²) in [5.41, 5.74) is 0. The van der Waals surface area contributed by atoms with Crippen LogP contribution >= 0.6 is 23.4 Å². The largest absolute Gasteiger partial charge is 0.466 e. The van der Waals surface area contributed by atoms with Crippen LogP contribution in [-0.4, -0.2) is 6.18 Å². The predicted molar refractivity (Wildman–Crippen MR) is 41.5 cm³/mol. The number of halogens is 5. The van der Waals surface area contributed by atoms with Crippen LogP contribution < -0.4 is 4.84 Å². The van der Waals surface area contributed by atoms with Crippen molar-refractivity contribution in [1.29, 1.82) is 0 Å². The summed E-state index contributed by atoms with van der Waals surface area (Å²) < 4.78 is 41.0. The maximum absolute atomic E-state index is 12.2. The van der Waals surface area contributed by atoms with E-state index < -0.39 is 12.2 Å². The van der Waals surface area contributed by atoms with Gasteiger partial charge in [0.15, 0.2) is 6.04 Å². The standard InChI is InChI=1S/C6H4Cl2F3NO/c7-3-1-4(13-2-3)5(12-8)6(9,10)11/h1-2,5,12H/t5-/m0/s1. The molecule has 0 bridgehead atoms. The van der Waals surface area contributed by atoms with Gasteiger partial charge in [-0.25, -0.2) is 4.84 Å². The highest BCUT2D eigenvalue weighted by atomic mass is 35.5. The molecular weight excluding hydrogens is 230 g/mol. The van der Waals surface area contributed by atoms with Crippen LogP contribution in [-0.2, 0) is 0 Å². The molecule has 1 aromatic rings. The Balaban J connectivity index is 2.91. The smallest absolute Gasteiger partial charge is 0.412 e. The van der Waals surface area contributed by atoms with Crippen molar-refractivity contribution in [3.8, 4) is 0 Å². The zero-order valence-corrected chi connectivity index (χ0v) is 7.54. The number of hydrogen-bond donors (Lipinski definition) is 1. The second-order valence-corrected chi connectivity index (χ2v) is 2.91. The molecule has 1 heterocycles. The van der Waals surface area contributed by atoms with E-state index in [2.05, 4.69) is 4.42 Å². The van der Waals surface area contributed by atoms with E-state index in [0.717, 1.165) is 12.3 Å². The number of rotatable bonds is 2. The van der Waals surface area contributed by atoms with E-state index >= 15 is 0 Å². The lowest BCUT2D eigenvalue weighted by atomic mass is 10.2. The van der Waals surface area contributed by atoms with Crippen molar-refractivity contribution in [3.05, 3.63) is 23.1 Å². The molecule has 0 unspecified atom stereocenters. The summed E-state index contributed by atoms with van der Waals surface area (Å²) in [5, 5.41) is 0.0937. The van der Waals surface area contributed by atoms with E-state index in [1.165, 1.54) is 0 Å². The van der Waals surface area contributed by atoms with E-state index in [0.29, 0.717) is 0 Å². The van der Waals surface area contributed by atoms with Gasteiger partial charge in [-0.15, -0.1) is 0 Å². The van der Waals surface area contributed by atoms with Crippen molar-refractivity contribution >= 4 is 23.4 Å². The van der Waals surface area contributed by atoms with Gasteiger partial charge in [0.25, 0.3) is 0 Å². The fourth-order valence-corrected chi connectivity index (χ4v) is 1.14. The Morgan fingerprint density at radius 2 is 2.08 bits per heavy atom. The Labute approximate surface area is 81.7 Å². The molecule has 1 aromatic heterocycles. The SMILES string of the molecule is FC(F)(F)[C@@H](NCl)c1cc(Cl)co1. The average molecular weight is 234 g/mol. The van der Waals surface area contributed by atoms with Crippen LogP contribution in [0.4, 0.5) is 13.2 Å². The highest BCUT2D eigenvalue weighted by Crippen LogP contribution is 2.34. The molecule has 7 heteroatoms. The molecule has 74 valence electrons. The van der Waals surface area contributed by atoms with Crippen molar-refractivity contribution < 1.29 is 17.6 Å². The first-order valence-corrected chi connectivity index (χ1v) is 3.87. The van der Waals surface area contributed by atoms with E-state index in [1.807, 2.05) is 0 Å². The second kappa shape index (κ2) is 3.77. The molecule has 0 fully saturated rings. The summed E-state index contributed by atoms with van der Waals surface area (Å²) in [5.74, 6) is -0.368. The molecule has 2 nitrogen and oxygen atoms in total. The molecule has 13 heavy (non-hydrogen) atoms. The lowest BCUT2D eigenvalue weighted by Crippen LogP contribution is -2.28. The topological polar surface area (TPSA) is 25.2 Å². The number of furan rings is 1. The molecular formula is C6H4Cl2F3NO. The quantitative estimate of drug-likeness (QED) is 0.794. The molecule has 0 aromatic carbocycles. The molecule has 0 amide bonds. The van der Waals surface area contributed by atoms with Crippen LogP contribution in [0.1, 0.15) is 11.8 Å². The number of hydrogen-bond acceptors (Lipinski definition) is 2. The molecule has 0 aliphatic carbocycles. The van der Waals surface area contributed by atoms with Crippen molar-refractivity contribution in [2.75, 3.05) is 0 Å².